The molecule has 0 unspecified atom stereocenters. The first-order chi connectivity index (χ1) is 7.91. The maximum Gasteiger partial charge on any atom is 0.421 e. The van der Waals surface area contributed by atoms with Crippen LogP contribution in [-0.2, 0) is 4.79 Å². The number of ether oxygens (including phenoxy) is 1. The number of benzene rings is 1. The summed E-state index contributed by atoms with van der Waals surface area (Å²) in [5, 5.41) is 0. The van der Waals surface area contributed by atoms with Crippen LogP contribution < -0.4 is 4.74 Å². The standard InChI is InChI=1S/C13H17NO3/c1-9(2)11-6-5-7-12(8-11)17-13(16)14(4)10(3)15/h5-9H,1-4H3. The molecule has 0 spiro atoms. The molecular formula is C13H17NO3. The molecule has 92 valence electrons. The van der Waals surface area contributed by atoms with E-state index in [0.717, 1.165) is 10.5 Å². The normalized spacial score (nSPS) is 10.2. The average Bonchev–Trinajstić information content (AvgIpc) is 2.28. The van der Waals surface area contributed by atoms with E-state index in [1.54, 1.807) is 12.1 Å². The van der Waals surface area contributed by atoms with Gasteiger partial charge in [-0.1, -0.05) is 26.0 Å². The molecule has 0 aliphatic carbocycles. The van der Waals surface area contributed by atoms with Gasteiger partial charge in [0.05, 0.1) is 0 Å². The van der Waals surface area contributed by atoms with Crippen molar-refractivity contribution in [3.63, 3.8) is 0 Å². The van der Waals surface area contributed by atoms with Gasteiger partial charge in [-0.2, -0.15) is 0 Å². The number of nitrogens with zero attached hydrogens (tertiary/aromatic N) is 1. The Labute approximate surface area is 101 Å². The molecule has 0 aliphatic heterocycles. The third-order valence-electron chi connectivity index (χ3n) is 2.48. The van der Waals surface area contributed by atoms with Crippen molar-refractivity contribution in [1.29, 1.82) is 0 Å². The van der Waals surface area contributed by atoms with Crippen LogP contribution in [-0.4, -0.2) is 23.9 Å². The first-order valence-corrected chi connectivity index (χ1v) is 5.48. The molecule has 0 saturated carbocycles. The summed E-state index contributed by atoms with van der Waals surface area (Å²) >= 11 is 0. The summed E-state index contributed by atoms with van der Waals surface area (Å²) in [6.07, 6.45) is -0.668. The summed E-state index contributed by atoms with van der Waals surface area (Å²) in [5.41, 5.74) is 1.08. The molecule has 4 nitrogen and oxygen atoms in total. The molecular weight excluding hydrogens is 218 g/mol. The summed E-state index contributed by atoms with van der Waals surface area (Å²) in [6, 6.07) is 7.29. The molecule has 1 aromatic carbocycles. The predicted molar refractivity (Wildman–Crippen MR) is 65.0 cm³/mol. The molecule has 17 heavy (non-hydrogen) atoms. The van der Waals surface area contributed by atoms with Crippen LogP contribution in [0, 0.1) is 0 Å². The third kappa shape index (κ3) is 3.59. The number of imide groups is 1. The SMILES string of the molecule is CC(=O)N(C)C(=O)Oc1cccc(C(C)C)c1. The monoisotopic (exact) mass is 235 g/mol. The van der Waals surface area contributed by atoms with E-state index in [9.17, 15) is 9.59 Å². The maximum absolute atomic E-state index is 11.5. The van der Waals surface area contributed by atoms with Gasteiger partial charge in [-0.15, -0.1) is 0 Å². The number of hydrogen-bond acceptors (Lipinski definition) is 3. The van der Waals surface area contributed by atoms with Gasteiger partial charge < -0.3 is 4.74 Å². The fraction of sp³-hybridized carbons (Fsp3) is 0.385. The fourth-order valence-corrected chi connectivity index (χ4v) is 1.23. The molecule has 0 saturated heterocycles. The van der Waals surface area contributed by atoms with Crippen LogP contribution in [0.15, 0.2) is 24.3 Å². The highest BCUT2D eigenvalue weighted by molar-refractivity contribution is 5.90. The number of carbonyl (C=O) groups excluding carboxylic acids is 2. The Morgan fingerprint density at radius 3 is 2.47 bits per heavy atom. The van der Waals surface area contributed by atoms with E-state index >= 15 is 0 Å². The summed E-state index contributed by atoms with van der Waals surface area (Å²) < 4.78 is 5.09. The van der Waals surface area contributed by atoms with Crippen molar-refractivity contribution in [2.24, 2.45) is 0 Å². The van der Waals surface area contributed by atoms with Gasteiger partial charge in [-0.05, 0) is 23.6 Å². The Hall–Kier alpha value is -1.84. The lowest BCUT2D eigenvalue weighted by Crippen LogP contribution is -2.33. The van der Waals surface area contributed by atoms with Crippen LogP contribution in [0.1, 0.15) is 32.3 Å². The lowest BCUT2D eigenvalue weighted by molar-refractivity contribution is -0.125. The van der Waals surface area contributed by atoms with Crippen molar-refractivity contribution in [1.82, 2.24) is 4.90 Å². The highest BCUT2D eigenvalue weighted by Crippen LogP contribution is 2.20. The van der Waals surface area contributed by atoms with Gasteiger partial charge in [-0.3, -0.25) is 9.69 Å². The smallest absolute Gasteiger partial charge is 0.410 e. The van der Waals surface area contributed by atoms with Gasteiger partial charge in [0.15, 0.2) is 0 Å². The van der Waals surface area contributed by atoms with Gasteiger partial charge >= 0.3 is 6.09 Å². The Morgan fingerprint density at radius 2 is 1.94 bits per heavy atom. The lowest BCUT2D eigenvalue weighted by atomic mass is 10.0. The Bertz CT molecular complexity index is 426. The highest BCUT2D eigenvalue weighted by atomic mass is 16.6. The van der Waals surface area contributed by atoms with Crippen LogP contribution in [0.25, 0.3) is 0 Å². The van der Waals surface area contributed by atoms with Crippen LogP contribution in [0.3, 0.4) is 0 Å². The zero-order chi connectivity index (χ0) is 13.0. The van der Waals surface area contributed by atoms with Crippen LogP contribution >= 0.6 is 0 Å². The molecule has 0 radical (unpaired) electrons. The number of rotatable bonds is 2. The van der Waals surface area contributed by atoms with E-state index < -0.39 is 6.09 Å². The van der Waals surface area contributed by atoms with Gasteiger partial charge in [0, 0.05) is 14.0 Å². The first-order valence-electron chi connectivity index (χ1n) is 5.48. The van der Waals surface area contributed by atoms with E-state index in [0.29, 0.717) is 11.7 Å². The zero-order valence-electron chi connectivity index (χ0n) is 10.6. The topological polar surface area (TPSA) is 46.6 Å². The Kier molecular flexibility index (Phi) is 4.26. The minimum Gasteiger partial charge on any atom is -0.410 e. The van der Waals surface area contributed by atoms with Crippen molar-refractivity contribution in [2.75, 3.05) is 7.05 Å². The van der Waals surface area contributed by atoms with E-state index in [1.807, 2.05) is 12.1 Å². The molecule has 0 atom stereocenters. The zero-order valence-corrected chi connectivity index (χ0v) is 10.6. The van der Waals surface area contributed by atoms with Crippen LogP contribution in [0.2, 0.25) is 0 Å². The van der Waals surface area contributed by atoms with Crippen molar-refractivity contribution in [3.8, 4) is 5.75 Å². The van der Waals surface area contributed by atoms with Gasteiger partial charge in [0.25, 0.3) is 0 Å². The first kappa shape index (κ1) is 13.2. The van der Waals surface area contributed by atoms with Crippen LogP contribution in [0.5, 0.6) is 5.75 Å². The van der Waals surface area contributed by atoms with Crippen molar-refractivity contribution in [2.45, 2.75) is 26.7 Å². The predicted octanol–water partition coefficient (Wildman–Crippen LogP) is 2.79. The molecule has 0 N–H and O–H groups in total. The molecule has 4 heteroatoms. The summed E-state index contributed by atoms with van der Waals surface area (Å²) in [4.78, 5) is 23.4. The van der Waals surface area contributed by atoms with E-state index in [1.165, 1.54) is 14.0 Å². The Morgan fingerprint density at radius 1 is 1.29 bits per heavy atom. The number of hydrogen-bond donors (Lipinski definition) is 0. The molecule has 1 rings (SSSR count). The van der Waals surface area contributed by atoms with E-state index in [4.69, 9.17) is 4.74 Å². The van der Waals surface area contributed by atoms with E-state index in [2.05, 4.69) is 13.8 Å². The maximum atomic E-state index is 11.5. The van der Waals surface area contributed by atoms with Crippen molar-refractivity contribution in [3.05, 3.63) is 29.8 Å². The van der Waals surface area contributed by atoms with Crippen molar-refractivity contribution >= 4 is 12.0 Å². The minimum atomic E-state index is -0.668. The second kappa shape index (κ2) is 5.48. The lowest BCUT2D eigenvalue weighted by Gasteiger charge is -2.13. The molecule has 1 aromatic rings. The number of carbonyl (C=O) groups is 2. The number of amides is 2. The fourth-order valence-electron chi connectivity index (χ4n) is 1.23. The van der Waals surface area contributed by atoms with Gasteiger partial charge in [-0.25, -0.2) is 4.79 Å². The molecule has 0 aliphatic rings. The molecule has 0 bridgehead atoms. The van der Waals surface area contributed by atoms with Gasteiger partial charge in [0.2, 0.25) is 5.91 Å². The van der Waals surface area contributed by atoms with Gasteiger partial charge in [0.1, 0.15) is 5.75 Å². The largest absolute Gasteiger partial charge is 0.421 e. The molecule has 0 fully saturated rings. The molecule has 0 aromatic heterocycles. The average molecular weight is 235 g/mol. The summed E-state index contributed by atoms with van der Waals surface area (Å²) in [7, 11) is 1.39. The third-order valence-corrected chi connectivity index (χ3v) is 2.48. The quantitative estimate of drug-likeness (QED) is 0.791. The van der Waals surface area contributed by atoms with Crippen molar-refractivity contribution < 1.29 is 14.3 Å². The minimum absolute atomic E-state index is 0.352. The second-order valence-electron chi connectivity index (χ2n) is 4.17. The molecule has 2 amide bonds. The Balaban J connectivity index is 2.78. The molecule has 0 heterocycles. The second-order valence-corrected chi connectivity index (χ2v) is 4.17. The summed E-state index contributed by atoms with van der Waals surface area (Å²) in [5.74, 6) is 0.462. The van der Waals surface area contributed by atoms with Crippen LogP contribution in [0.4, 0.5) is 4.79 Å². The summed E-state index contributed by atoms with van der Waals surface area (Å²) in [6.45, 7) is 5.43. The highest BCUT2D eigenvalue weighted by Gasteiger charge is 2.15. The van der Waals surface area contributed by atoms with E-state index in [-0.39, 0.29) is 5.91 Å².